The molecule has 0 radical (unpaired) electrons. The van der Waals surface area contributed by atoms with Gasteiger partial charge in [-0.2, -0.15) is 12.6 Å². The molecular formula is C10H11Cl2NOS. The Balaban J connectivity index is 2.44. The summed E-state index contributed by atoms with van der Waals surface area (Å²) in [6.45, 7) is 0.581. The molecule has 15 heavy (non-hydrogen) atoms. The second-order valence-electron chi connectivity index (χ2n) is 3.01. The molecule has 0 bridgehead atoms. The van der Waals surface area contributed by atoms with E-state index in [0.717, 1.165) is 12.0 Å². The van der Waals surface area contributed by atoms with Crippen molar-refractivity contribution in [2.45, 2.75) is 6.42 Å². The molecule has 0 aromatic heterocycles. The molecule has 0 spiro atoms. The van der Waals surface area contributed by atoms with E-state index in [0.29, 0.717) is 16.6 Å². The Morgan fingerprint density at radius 2 is 2.07 bits per heavy atom. The van der Waals surface area contributed by atoms with Gasteiger partial charge in [0.25, 0.3) is 0 Å². The monoisotopic (exact) mass is 263 g/mol. The predicted octanol–water partition coefficient (Wildman–Crippen LogP) is 2.58. The fourth-order valence-electron chi connectivity index (χ4n) is 1.10. The van der Waals surface area contributed by atoms with Gasteiger partial charge in [-0.1, -0.05) is 29.3 Å². The molecule has 0 aliphatic carbocycles. The van der Waals surface area contributed by atoms with E-state index in [9.17, 15) is 4.79 Å². The van der Waals surface area contributed by atoms with Crippen molar-refractivity contribution in [3.8, 4) is 0 Å². The maximum absolute atomic E-state index is 10.9. The minimum Gasteiger partial charge on any atom is -0.355 e. The van der Waals surface area contributed by atoms with E-state index >= 15 is 0 Å². The normalized spacial score (nSPS) is 10.1. The van der Waals surface area contributed by atoms with Crippen LogP contribution in [0.25, 0.3) is 0 Å². The van der Waals surface area contributed by atoms with Crippen molar-refractivity contribution in [1.82, 2.24) is 5.32 Å². The second-order valence-corrected chi connectivity index (χ2v) is 4.14. The molecule has 0 heterocycles. The fraction of sp³-hybridized carbons (Fsp3) is 0.300. The number of rotatable bonds is 4. The van der Waals surface area contributed by atoms with E-state index in [1.54, 1.807) is 12.1 Å². The second kappa shape index (κ2) is 6.26. The highest BCUT2D eigenvalue weighted by Crippen LogP contribution is 2.22. The van der Waals surface area contributed by atoms with Gasteiger partial charge in [-0.3, -0.25) is 4.79 Å². The van der Waals surface area contributed by atoms with Crippen LogP contribution < -0.4 is 5.32 Å². The highest BCUT2D eigenvalue weighted by atomic mass is 35.5. The van der Waals surface area contributed by atoms with Crippen LogP contribution in [0.1, 0.15) is 5.56 Å². The first kappa shape index (κ1) is 12.7. The van der Waals surface area contributed by atoms with Crippen molar-refractivity contribution in [3.63, 3.8) is 0 Å². The summed E-state index contributed by atoms with van der Waals surface area (Å²) in [4.78, 5) is 10.9. The van der Waals surface area contributed by atoms with Gasteiger partial charge in [0.2, 0.25) is 5.91 Å². The molecular weight excluding hydrogens is 253 g/mol. The van der Waals surface area contributed by atoms with Crippen LogP contribution in [-0.2, 0) is 11.2 Å². The van der Waals surface area contributed by atoms with E-state index in [4.69, 9.17) is 23.2 Å². The Kier molecular flexibility index (Phi) is 5.29. The van der Waals surface area contributed by atoms with Crippen molar-refractivity contribution in [1.29, 1.82) is 0 Å². The SMILES string of the molecule is O=C(CS)NCCc1ccc(Cl)c(Cl)c1. The molecule has 2 nitrogen and oxygen atoms in total. The number of nitrogens with one attached hydrogen (secondary N) is 1. The van der Waals surface area contributed by atoms with Crippen LogP contribution in [0.15, 0.2) is 18.2 Å². The van der Waals surface area contributed by atoms with Crippen LogP contribution in [0.4, 0.5) is 0 Å². The number of hydrogen-bond donors (Lipinski definition) is 2. The predicted molar refractivity (Wildman–Crippen MR) is 67.0 cm³/mol. The van der Waals surface area contributed by atoms with Crippen molar-refractivity contribution < 1.29 is 4.79 Å². The molecule has 82 valence electrons. The smallest absolute Gasteiger partial charge is 0.229 e. The van der Waals surface area contributed by atoms with Gasteiger partial charge in [0.1, 0.15) is 0 Å². The van der Waals surface area contributed by atoms with Crippen LogP contribution in [0, 0.1) is 0 Å². The number of benzene rings is 1. The van der Waals surface area contributed by atoms with Crippen molar-refractivity contribution in [2.24, 2.45) is 0 Å². The van der Waals surface area contributed by atoms with E-state index in [-0.39, 0.29) is 11.7 Å². The first-order chi connectivity index (χ1) is 7.13. The first-order valence-corrected chi connectivity index (χ1v) is 5.84. The molecule has 0 saturated carbocycles. The van der Waals surface area contributed by atoms with Crippen molar-refractivity contribution in [2.75, 3.05) is 12.3 Å². The Labute approximate surface area is 104 Å². The van der Waals surface area contributed by atoms with E-state index in [1.165, 1.54) is 0 Å². The summed E-state index contributed by atoms with van der Waals surface area (Å²) in [6, 6.07) is 5.44. The third-order valence-electron chi connectivity index (χ3n) is 1.86. The number of amides is 1. The van der Waals surface area contributed by atoms with Gasteiger partial charge in [0, 0.05) is 6.54 Å². The maximum Gasteiger partial charge on any atom is 0.229 e. The summed E-state index contributed by atoms with van der Waals surface area (Å²) in [5.74, 6) is 0.139. The van der Waals surface area contributed by atoms with Crippen LogP contribution in [-0.4, -0.2) is 18.2 Å². The Bertz CT molecular complexity index is 357. The van der Waals surface area contributed by atoms with E-state index < -0.39 is 0 Å². The summed E-state index contributed by atoms with van der Waals surface area (Å²) >= 11 is 15.5. The molecule has 1 N–H and O–H groups in total. The Hall–Kier alpha value is -0.380. The molecule has 0 aliphatic rings. The van der Waals surface area contributed by atoms with Gasteiger partial charge < -0.3 is 5.32 Å². The minimum absolute atomic E-state index is 0.0709. The lowest BCUT2D eigenvalue weighted by molar-refractivity contribution is -0.118. The lowest BCUT2D eigenvalue weighted by atomic mass is 10.1. The molecule has 0 unspecified atom stereocenters. The van der Waals surface area contributed by atoms with Gasteiger partial charge in [-0.15, -0.1) is 0 Å². The van der Waals surface area contributed by atoms with Gasteiger partial charge in [-0.05, 0) is 24.1 Å². The largest absolute Gasteiger partial charge is 0.355 e. The molecule has 0 saturated heterocycles. The highest BCUT2D eigenvalue weighted by molar-refractivity contribution is 7.81. The van der Waals surface area contributed by atoms with Crippen molar-refractivity contribution >= 4 is 41.7 Å². The molecule has 0 fully saturated rings. The lowest BCUT2D eigenvalue weighted by Crippen LogP contribution is -2.26. The van der Waals surface area contributed by atoms with E-state index in [2.05, 4.69) is 17.9 Å². The van der Waals surface area contributed by atoms with Gasteiger partial charge >= 0.3 is 0 Å². The van der Waals surface area contributed by atoms with Crippen LogP contribution >= 0.6 is 35.8 Å². The number of thiol groups is 1. The minimum atomic E-state index is -0.0709. The zero-order chi connectivity index (χ0) is 11.3. The topological polar surface area (TPSA) is 29.1 Å². The average molecular weight is 264 g/mol. The molecule has 0 atom stereocenters. The summed E-state index contributed by atoms with van der Waals surface area (Å²) in [5, 5.41) is 3.80. The Morgan fingerprint density at radius 1 is 1.33 bits per heavy atom. The van der Waals surface area contributed by atoms with Gasteiger partial charge in [0.05, 0.1) is 15.8 Å². The third kappa shape index (κ3) is 4.33. The van der Waals surface area contributed by atoms with Gasteiger partial charge in [-0.25, -0.2) is 0 Å². The molecule has 1 aromatic rings. The third-order valence-corrected chi connectivity index (χ3v) is 2.89. The molecule has 5 heteroatoms. The highest BCUT2D eigenvalue weighted by Gasteiger charge is 2.00. The summed E-state index contributed by atoms with van der Waals surface area (Å²) in [5.41, 5.74) is 1.05. The Morgan fingerprint density at radius 3 is 2.67 bits per heavy atom. The van der Waals surface area contributed by atoms with Crippen LogP contribution in [0.5, 0.6) is 0 Å². The summed E-state index contributed by atoms with van der Waals surface area (Å²) in [7, 11) is 0. The number of hydrogen-bond acceptors (Lipinski definition) is 2. The zero-order valence-electron chi connectivity index (χ0n) is 7.96. The molecule has 0 aliphatic heterocycles. The van der Waals surface area contributed by atoms with Crippen molar-refractivity contribution in [3.05, 3.63) is 33.8 Å². The number of carbonyl (C=O) groups is 1. The number of carbonyl (C=O) groups excluding carboxylic acids is 1. The maximum atomic E-state index is 10.9. The fourth-order valence-corrected chi connectivity index (χ4v) is 1.53. The number of halogens is 2. The van der Waals surface area contributed by atoms with Crippen LogP contribution in [0.3, 0.4) is 0 Å². The summed E-state index contributed by atoms with van der Waals surface area (Å²) in [6.07, 6.45) is 0.733. The zero-order valence-corrected chi connectivity index (χ0v) is 10.4. The quantitative estimate of drug-likeness (QED) is 0.804. The molecule has 1 amide bonds. The molecule has 1 rings (SSSR count). The average Bonchev–Trinajstić information content (AvgIpc) is 2.23. The van der Waals surface area contributed by atoms with Gasteiger partial charge in [0.15, 0.2) is 0 Å². The first-order valence-electron chi connectivity index (χ1n) is 4.45. The molecule has 1 aromatic carbocycles. The standard InChI is InChI=1S/C10H11Cl2NOS/c11-8-2-1-7(5-9(8)12)3-4-13-10(14)6-15/h1-2,5,15H,3-4,6H2,(H,13,14). The summed E-state index contributed by atoms with van der Waals surface area (Å²) < 4.78 is 0. The van der Waals surface area contributed by atoms with Crippen LogP contribution in [0.2, 0.25) is 10.0 Å². The van der Waals surface area contributed by atoms with E-state index in [1.807, 2.05) is 6.07 Å². The lowest BCUT2D eigenvalue weighted by Gasteiger charge is -2.04.